The van der Waals surface area contributed by atoms with E-state index in [1.807, 2.05) is 0 Å². The van der Waals surface area contributed by atoms with E-state index in [1.54, 1.807) is 17.9 Å². The Balaban J connectivity index is 0.000000640. The number of rotatable bonds is 1. The van der Waals surface area contributed by atoms with Gasteiger partial charge < -0.3 is 4.57 Å². The quantitative estimate of drug-likeness (QED) is 0.403. The Morgan fingerprint density at radius 2 is 2.44 bits per heavy atom. The minimum absolute atomic E-state index is 0. The van der Waals surface area contributed by atoms with E-state index in [0.717, 1.165) is 0 Å². The van der Waals surface area contributed by atoms with E-state index in [-0.39, 0.29) is 24.0 Å². The van der Waals surface area contributed by atoms with Crippen molar-refractivity contribution in [2.45, 2.75) is 0 Å². The van der Waals surface area contributed by atoms with Gasteiger partial charge in [-0.2, -0.15) is 0 Å². The van der Waals surface area contributed by atoms with Crippen molar-refractivity contribution in [2.24, 2.45) is 12.9 Å². The summed E-state index contributed by atoms with van der Waals surface area (Å²) in [6.45, 7) is 0. The Bertz CT molecular complexity index is 172. The fourth-order valence-corrected chi connectivity index (χ4v) is 0.414. The normalized spacial score (nSPS) is 8.22. The van der Waals surface area contributed by atoms with Gasteiger partial charge in [-0.15, -0.1) is 34.2 Å². The lowest BCUT2D eigenvalue weighted by Crippen LogP contribution is -2.11. The number of nitrogens with zero attached hydrogens (tertiary/aromatic N) is 3. The third-order valence-electron chi connectivity index (χ3n) is 0.840. The Morgan fingerprint density at radius 1 is 1.78 bits per heavy atom. The zero-order valence-electron chi connectivity index (χ0n) is 4.90. The summed E-state index contributed by atoms with van der Waals surface area (Å²) >= 11 is 0. The zero-order valence-corrected chi connectivity index (χ0v) is 7.23. The predicted octanol–water partition coefficient (Wildman–Crippen LogP) is -0.281. The second-order valence-electron chi connectivity index (χ2n) is 1.41. The predicted molar refractivity (Wildman–Crippen MR) is 44.2 cm³/mol. The Morgan fingerprint density at radius 3 is 2.67 bits per heavy atom. The van der Waals surface area contributed by atoms with E-state index in [9.17, 15) is 0 Å². The van der Waals surface area contributed by atoms with Gasteiger partial charge in [0.2, 0.25) is 5.95 Å². The van der Waals surface area contributed by atoms with Gasteiger partial charge in [-0.05, 0) is 0 Å². The number of anilines is 1. The van der Waals surface area contributed by atoms with Crippen LogP contribution in [0.5, 0.6) is 0 Å². The van der Waals surface area contributed by atoms with Crippen LogP contribution in [0.1, 0.15) is 0 Å². The molecule has 0 spiro atoms. The topological polar surface area (TPSA) is 68.8 Å². The van der Waals surface area contributed by atoms with Crippen LogP contribution in [0.25, 0.3) is 0 Å². The lowest BCUT2D eigenvalue weighted by Gasteiger charge is -1.93. The fourth-order valence-electron chi connectivity index (χ4n) is 0.414. The third kappa shape index (κ3) is 1.79. The molecule has 0 bridgehead atoms. The van der Waals surface area contributed by atoms with Crippen molar-refractivity contribution in [3.05, 3.63) is 6.33 Å². The molecule has 0 amide bonds. The van der Waals surface area contributed by atoms with Crippen LogP contribution < -0.4 is 11.3 Å². The van der Waals surface area contributed by atoms with Crippen molar-refractivity contribution >= 4 is 29.9 Å². The van der Waals surface area contributed by atoms with Gasteiger partial charge in [-0.3, -0.25) is 5.43 Å². The molecule has 1 aromatic rings. The van der Waals surface area contributed by atoms with Crippen LogP contribution in [-0.2, 0) is 7.05 Å². The summed E-state index contributed by atoms with van der Waals surface area (Å²) in [5, 5.41) is 7.17. The van der Waals surface area contributed by atoms with Gasteiger partial charge in [-0.1, -0.05) is 0 Å². The van der Waals surface area contributed by atoms with Gasteiger partial charge in [0.1, 0.15) is 6.33 Å². The third-order valence-corrected chi connectivity index (χ3v) is 0.840. The van der Waals surface area contributed by atoms with Crippen molar-refractivity contribution in [3.8, 4) is 0 Å². The molecule has 0 aliphatic rings. The number of hydrazine groups is 1. The van der Waals surface area contributed by atoms with Crippen LogP contribution >= 0.6 is 24.0 Å². The molecule has 0 unspecified atom stereocenters. The molecule has 52 valence electrons. The van der Waals surface area contributed by atoms with Crippen molar-refractivity contribution in [2.75, 3.05) is 5.43 Å². The van der Waals surface area contributed by atoms with E-state index in [1.165, 1.54) is 0 Å². The van der Waals surface area contributed by atoms with Gasteiger partial charge in [0.25, 0.3) is 0 Å². The molecule has 0 aliphatic heterocycles. The summed E-state index contributed by atoms with van der Waals surface area (Å²) in [4.78, 5) is 0. The molecule has 9 heavy (non-hydrogen) atoms. The molecule has 0 saturated heterocycles. The first kappa shape index (κ1) is 8.63. The van der Waals surface area contributed by atoms with E-state index in [2.05, 4.69) is 15.6 Å². The van der Waals surface area contributed by atoms with Gasteiger partial charge >= 0.3 is 0 Å². The summed E-state index contributed by atoms with van der Waals surface area (Å²) in [5.41, 5.74) is 2.36. The molecule has 5 nitrogen and oxygen atoms in total. The van der Waals surface area contributed by atoms with Crippen molar-refractivity contribution in [3.63, 3.8) is 0 Å². The highest BCUT2D eigenvalue weighted by molar-refractivity contribution is 14.0. The minimum Gasteiger partial charge on any atom is -0.302 e. The van der Waals surface area contributed by atoms with E-state index >= 15 is 0 Å². The molecular formula is C3H8IN5. The maximum Gasteiger partial charge on any atom is 0.238 e. The van der Waals surface area contributed by atoms with E-state index in [4.69, 9.17) is 5.84 Å². The number of nitrogens with one attached hydrogen (secondary N) is 1. The molecule has 1 rings (SSSR count). The summed E-state index contributed by atoms with van der Waals surface area (Å²) in [6, 6.07) is 0. The summed E-state index contributed by atoms with van der Waals surface area (Å²) in [5.74, 6) is 5.58. The molecule has 0 radical (unpaired) electrons. The number of halogens is 1. The monoisotopic (exact) mass is 241 g/mol. The average Bonchev–Trinajstić information content (AvgIpc) is 2.14. The number of hydrogen-bond acceptors (Lipinski definition) is 4. The second kappa shape index (κ2) is 3.62. The SMILES string of the molecule is Cn1cnnc1NN.I. The van der Waals surface area contributed by atoms with Crippen LogP contribution in [-0.4, -0.2) is 14.8 Å². The maximum atomic E-state index is 5.02. The fraction of sp³-hybridized carbons (Fsp3) is 0.333. The first-order valence-corrected chi connectivity index (χ1v) is 2.15. The molecule has 0 aromatic carbocycles. The summed E-state index contributed by atoms with van der Waals surface area (Å²) in [7, 11) is 1.80. The van der Waals surface area contributed by atoms with Crippen LogP contribution in [0.15, 0.2) is 6.33 Å². The van der Waals surface area contributed by atoms with Crippen molar-refractivity contribution in [1.29, 1.82) is 0 Å². The largest absolute Gasteiger partial charge is 0.302 e. The number of hydrogen-bond donors (Lipinski definition) is 2. The molecule has 3 N–H and O–H groups in total. The van der Waals surface area contributed by atoms with Gasteiger partial charge in [-0.25, -0.2) is 5.84 Å². The summed E-state index contributed by atoms with van der Waals surface area (Å²) < 4.78 is 1.68. The highest BCUT2D eigenvalue weighted by atomic mass is 127. The van der Waals surface area contributed by atoms with Gasteiger partial charge in [0.05, 0.1) is 0 Å². The molecule has 6 heteroatoms. The average molecular weight is 241 g/mol. The highest BCUT2D eigenvalue weighted by Crippen LogP contribution is 1.92. The smallest absolute Gasteiger partial charge is 0.238 e. The first-order valence-electron chi connectivity index (χ1n) is 2.15. The standard InChI is InChI=1S/C3H7N5.HI/c1-8-2-5-7-3(8)6-4;/h2H,4H2,1H3,(H,6,7);1H. The number of aryl methyl sites for hydroxylation is 1. The number of nitrogens with two attached hydrogens (primary N) is 1. The zero-order chi connectivity index (χ0) is 5.98. The molecular weight excluding hydrogens is 233 g/mol. The van der Waals surface area contributed by atoms with Crippen molar-refractivity contribution < 1.29 is 0 Å². The van der Waals surface area contributed by atoms with E-state index in [0.29, 0.717) is 5.95 Å². The molecule has 1 heterocycles. The molecule has 0 fully saturated rings. The lowest BCUT2D eigenvalue weighted by molar-refractivity contribution is 0.908. The minimum atomic E-state index is 0. The highest BCUT2D eigenvalue weighted by Gasteiger charge is 1.91. The van der Waals surface area contributed by atoms with Crippen LogP contribution in [0, 0.1) is 0 Å². The first-order chi connectivity index (χ1) is 3.84. The maximum absolute atomic E-state index is 5.02. The second-order valence-corrected chi connectivity index (χ2v) is 1.41. The summed E-state index contributed by atoms with van der Waals surface area (Å²) in [6.07, 6.45) is 1.56. The van der Waals surface area contributed by atoms with Crippen LogP contribution in [0.4, 0.5) is 5.95 Å². The molecule has 0 aliphatic carbocycles. The lowest BCUT2D eigenvalue weighted by atomic mass is 11.0. The van der Waals surface area contributed by atoms with Gasteiger partial charge in [0.15, 0.2) is 0 Å². The number of aromatic nitrogens is 3. The van der Waals surface area contributed by atoms with Crippen molar-refractivity contribution in [1.82, 2.24) is 14.8 Å². The Kier molecular flexibility index (Phi) is 3.47. The van der Waals surface area contributed by atoms with Crippen LogP contribution in [0.2, 0.25) is 0 Å². The molecule has 1 aromatic heterocycles. The molecule has 0 saturated carbocycles. The number of nitrogen functional groups attached to an aromatic ring is 1. The van der Waals surface area contributed by atoms with E-state index < -0.39 is 0 Å². The Labute approximate surface area is 69.6 Å². The van der Waals surface area contributed by atoms with Gasteiger partial charge in [0, 0.05) is 7.05 Å². The van der Waals surface area contributed by atoms with Crippen LogP contribution in [0.3, 0.4) is 0 Å². The molecule has 0 atom stereocenters. The Hall–Kier alpha value is -0.370.